The average molecular weight is 356 g/mol. The van der Waals surface area contributed by atoms with Crippen molar-refractivity contribution in [2.24, 2.45) is 5.41 Å². The van der Waals surface area contributed by atoms with Gasteiger partial charge in [-0.1, -0.05) is 37.0 Å². The van der Waals surface area contributed by atoms with Crippen LogP contribution in [0, 0.1) is 5.41 Å². The average Bonchev–Trinajstić information content (AvgIpc) is 2.38. The van der Waals surface area contributed by atoms with Gasteiger partial charge in [0.25, 0.3) is 0 Å². The highest BCUT2D eigenvalue weighted by atomic mass is 35.5. The normalized spacial score (nSPS) is 12.4. The summed E-state index contributed by atoms with van der Waals surface area (Å²) in [7, 11) is -4.05. The first kappa shape index (κ1) is 18.2. The van der Waals surface area contributed by atoms with Gasteiger partial charge in [0.15, 0.2) is 0 Å². The van der Waals surface area contributed by atoms with E-state index >= 15 is 0 Å². The summed E-state index contributed by atoms with van der Waals surface area (Å²) in [5, 5.41) is 17.6. The molecule has 3 N–H and O–H groups in total. The lowest BCUT2D eigenvalue weighted by atomic mass is 9.96. The molecule has 0 spiro atoms. The van der Waals surface area contributed by atoms with Gasteiger partial charge in [-0.25, -0.2) is 17.9 Å². The van der Waals surface area contributed by atoms with Gasteiger partial charge in [0.05, 0.1) is 10.6 Å². The van der Waals surface area contributed by atoms with E-state index in [1.54, 1.807) is 13.8 Å². The molecule has 0 unspecified atom stereocenters. The summed E-state index contributed by atoms with van der Waals surface area (Å²) in [6, 6.07) is 2.15. The van der Waals surface area contributed by atoms with Gasteiger partial charge < -0.3 is 10.2 Å². The van der Waals surface area contributed by atoms with E-state index in [1.807, 2.05) is 0 Å². The Kier molecular flexibility index (Phi) is 5.63. The zero-order valence-corrected chi connectivity index (χ0v) is 13.7. The number of hydrogen-bond donors (Lipinski definition) is 3. The number of rotatable bonds is 6. The number of aliphatic hydroxyl groups is 1. The molecule has 9 heteroatoms. The highest BCUT2D eigenvalue weighted by Gasteiger charge is 2.26. The quantitative estimate of drug-likeness (QED) is 0.723. The number of carbonyl (C=O) groups is 1. The van der Waals surface area contributed by atoms with E-state index in [2.05, 4.69) is 4.72 Å². The standard InChI is InChI=1S/C12H15Cl2NO5S/c1-12(2,6-16)5-15-21(19,20)9-4-7(13)3-8(10(9)14)11(17)18/h3-4,15-16H,5-6H2,1-2H3,(H,17,18). The first-order valence-electron chi connectivity index (χ1n) is 5.83. The summed E-state index contributed by atoms with van der Waals surface area (Å²) in [4.78, 5) is 10.6. The van der Waals surface area contributed by atoms with Crippen LogP contribution in [0.1, 0.15) is 24.2 Å². The molecule has 1 aromatic rings. The molecule has 0 aliphatic carbocycles. The molecule has 0 saturated heterocycles. The topological polar surface area (TPSA) is 104 Å². The second-order valence-corrected chi connectivity index (χ2v) is 7.77. The van der Waals surface area contributed by atoms with E-state index in [0.29, 0.717) is 0 Å². The molecular formula is C12H15Cl2NO5S. The number of carboxylic acid groups (broad SMARTS) is 1. The SMILES string of the molecule is CC(C)(CO)CNS(=O)(=O)c1cc(Cl)cc(C(=O)O)c1Cl. The summed E-state index contributed by atoms with van der Waals surface area (Å²) in [6.45, 7) is 3.06. The molecular weight excluding hydrogens is 341 g/mol. The van der Waals surface area contributed by atoms with E-state index in [9.17, 15) is 13.2 Å². The predicted molar refractivity (Wildman–Crippen MR) is 79.5 cm³/mol. The first-order chi connectivity index (χ1) is 9.50. The van der Waals surface area contributed by atoms with Gasteiger partial charge in [-0.2, -0.15) is 0 Å². The zero-order valence-electron chi connectivity index (χ0n) is 11.4. The zero-order chi connectivity index (χ0) is 16.4. The van der Waals surface area contributed by atoms with Crippen LogP contribution >= 0.6 is 23.2 Å². The summed E-state index contributed by atoms with van der Waals surface area (Å²) in [6.07, 6.45) is 0. The van der Waals surface area contributed by atoms with E-state index in [0.717, 1.165) is 12.1 Å². The Hall–Kier alpha value is -0.860. The number of carboxylic acids is 1. The Bertz CT molecular complexity index is 658. The lowest BCUT2D eigenvalue weighted by molar-refractivity contribution is 0.0697. The molecule has 1 rings (SSSR count). The monoisotopic (exact) mass is 355 g/mol. The molecule has 0 radical (unpaired) electrons. The summed E-state index contributed by atoms with van der Waals surface area (Å²) < 4.78 is 26.7. The van der Waals surface area contributed by atoms with Gasteiger partial charge in [-0.15, -0.1) is 0 Å². The fourth-order valence-electron chi connectivity index (χ4n) is 1.34. The Balaban J connectivity index is 3.23. The van der Waals surface area contributed by atoms with Crippen LogP contribution in [-0.4, -0.2) is 37.8 Å². The molecule has 0 atom stereocenters. The molecule has 0 heterocycles. The van der Waals surface area contributed by atoms with Crippen molar-refractivity contribution >= 4 is 39.2 Å². The van der Waals surface area contributed by atoms with Crippen LogP contribution in [0.15, 0.2) is 17.0 Å². The third-order valence-corrected chi connectivity index (χ3v) is 4.86. The van der Waals surface area contributed by atoms with Crippen molar-refractivity contribution in [1.82, 2.24) is 4.72 Å². The molecule has 0 fully saturated rings. The Morgan fingerprint density at radius 2 is 1.90 bits per heavy atom. The molecule has 0 aliphatic rings. The highest BCUT2D eigenvalue weighted by molar-refractivity contribution is 7.89. The first-order valence-corrected chi connectivity index (χ1v) is 8.07. The minimum Gasteiger partial charge on any atom is -0.478 e. The van der Waals surface area contributed by atoms with E-state index in [-0.39, 0.29) is 18.2 Å². The van der Waals surface area contributed by atoms with Crippen molar-refractivity contribution in [3.05, 3.63) is 27.7 Å². The van der Waals surface area contributed by atoms with Crippen LogP contribution < -0.4 is 4.72 Å². The van der Waals surface area contributed by atoms with Crippen molar-refractivity contribution in [2.45, 2.75) is 18.7 Å². The van der Waals surface area contributed by atoms with Gasteiger partial charge in [0.2, 0.25) is 10.0 Å². The number of sulfonamides is 1. The number of nitrogens with one attached hydrogen (secondary N) is 1. The largest absolute Gasteiger partial charge is 0.478 e. The maximum atomic E-state index is 12.2. The van der Waals surface area contributed by atoms with Crippen LogP contribution in [0.3, 0.4) is 0 Å². The lowest BCUT2D eigenvalue weighted by Gasteiger charge is -2.22. The number of halogens is 2. The summed E-state index contributed by atoms with van der Waals surface area (Å²) >= 11 is 11.6. The van der Waals surface area contributed by atoms with Crippen LogP contribution in [0.25, 0.3) is 0 Å². The van der Waals surface area contributed by atoms with Crippen molar-refractivity contribution in [2.75, 3.05) is 13.2 Å². The van der Waals surface area contributed by atoms with Crippen LogP contribution in [0.4, 0.5) is 0 Å². The maximum absolute atomic E-state index is 12.2. The van der Waals surface area contributed by atoms with E-state index < -0.39 is 36.9 Å². The maximum Gasteiger partial charge on any atom is 0.337 e. The fourth-order valence-corrected chi connectivity index (χ4v) is 3.48. The molecule has 21 heavy (non-hydrogen) atoms. The number of aliphatic hydroxyl groups excluding tert-OH is 1. The second-order valence-electron chi connectivity index (χ2n) is 5.22. The van der Waals surface area contributed by atoms with Crippen molar-refractivity contribution in [1.29, 1.82) is 0 Å². The minimum atomic E-state index is -4.05. The van der Waals surface area contributed by atoms with Crippen LogP contribution in [0.2, 0.25) is 10.0 Å². The second kappa shape index (κ2) is 6.50. The van der Waals surface area contributed by atoms with Gasteiger partial charge in [0, 0.05) is 23.6 Å². The summed E-state index contributed by atoms with van der Waals surface area (Å²) in [5.74, 6) is -1.38. The van der Waals surface area contributed by atoms with Gasteiger partial charge in [-0.3, -0.25) is 0 Å². The summed E-state index contributed by atoms with van der Waals surface area (Å²) in [5.41, 5.74) is -1.07. The molecule has 6 nitrogen and oxygen atoms in total. The third-order valence-electron chi connectivity index (χ3n) is 2.69. The molecule has 1 aromatic carbocycles. The predicted octanol–water partition coefficient (Wildman–Crippen LogP) is 1.99. The van der Waals surface area contributed by atoms with Crippen LogP contribution in [-0.2, 0) is 10.0 Å². The third kappa shape index (κ3) is 4.55. The molecule has 0 aromatic heterocycles. The molecule has 0 bridgehead atoms. The van der Waals surface area contributed by atoms with E-state index in [4.69, 9.17) is 33.4 Å². The van der Waals surface area contributed by atoms with Gasteiger partial charge in [0.1, 0.15) is 4.90 Å². The Morgan fingerprint density at radius 3 is 2.38 bits per heavy atom. The van der Waals surface area contributed by atoms with Gasteiger partial charge in [-0.05, 0) is 12.1 Å². The number of benzene rings is 1. The van der Waals surface area contributed by atoms with Crippen molar-refractivity contribution in [3.63, 3.8) is 0 Å². The van der Waals surface area contributed by atoms with Gasteiger partial charge >= 0.3 is 5.97 Å². The highest BCUT2D eigenvalue weighted by Crippen LogP contribution is 2.29. The molecule has 0 amide bonds. The Morgan fingerprint density at radius 1 is 1.33 bits per heavy atom. The van der Waals surface area contributed by atoms with Crippen molar-refractivity contribution < 1.29 is 23.4 Å². The van der Waals surface area contributed by atoms with Crippen LogP contribution in [0.5, 0.6) is 0 Å². The number of aromatic carboxylic acids is 1. The molecule has 0 saturated carbocycles. The fraction of sp³-hybridized carbons (Fsp3) is 0.417. The van der Waals surface area contributed by atoms with Crippen molar-refractivity contribution in [3.8, 4) is 0 Å². The van der Waals surface area contributed by atoms with E-state index in [1.165, 1.54) is 0 Å². The minimum absolute atomic E-state index is 0.0446. The smallest absolute Gasteiger partial charge is 0.337 e. The number of hydrogen-bond acceptors (Lipinski definition) is 4. The molecule has 118 valence electrons. The molecule has 0 aliphatic heterocycles. The Labute approximate surface area is 132 Å². The lowest BCUT2D eigenvalue weighted by Crippen LogP contribution is -2.36.